The quantitative estimate of drug-likeness (QED) is 0.750. The summed E-state index contributed by atoms with van der Waals surface area (Å²) in [6.45, 7) is 5.84. The van der Waals surface area contributed by atoms with Crippen LogP contribution in [0.25, 0.3) is 0 Å². The minimum absolute atomic E-state index is 0.606. The Balaban J connectivity index is 1.82. The summed E-state index contributed by atoms with van der Waals surface area (Å²) in [6.07, 6.45) is 0. The van der Waals surface area contributed by atoms with E-state index in [2.05, 4.69) is 37.4 Å². The molecule has 0 saturated carbocycles. The predicted octanol–water partition coefficient (Wildman–Crippen LogP) is 4.59. The average Bonchev–Trinajstić information content (AvgIpc) is 2.79. The summed E-state index contributed by atoms with van der Waals surface area (Å²) in [7, 11) is 0. The van der Waals surface area contributed by atoms with Gasteiger partial charge in [0, 0.05) is 4.88 Å². The van der Waals surface area contributed by atoms with Gasteiger partial charge in [0.1, 0.15) is 0 Å². The molecule has 2 aromatic rings. The molecule has 1 aromatic carbocycles. The van der Waals surface area contributed by atoms with Crippen LogP contribution in [0.1, 0.15) is 35.8 Å². The lowest BCUT2D eigenvalue weighted by Gasteiger charge is -2.02. The Bertz CT molecular complexity index is 445. The maximum Gasteiger partial charge on any atom is 0.0814 e. The van der Waals surface area contributed by atoms with Crippen LogP contribution in [-0.2, 0) is 18.0 Å². The molecule has 1 heterocycles. The zero-order valence-corrected chi connectivity index (χ0v) is 11.2. The molecule has 0 unspecified atom stereocenters. The zero-order chi connectivity index (χ0) is 12.1. The lowest BCUT2D eigenvalue weighted by atomic mass is 10.1. The van der Waals surface area contributed by atoms with Crippen LogP contribution in [0.4, 0.5) is 0 Å². The number of hydrogen-bond donors (Lipinski definition) is 0. The van der Waals surface area contributed by atoms with Gasteiger partial charge < -0.3 is 4.74 Å². The highest BCUT2D eigenvalue weighted by Gasteiger charge is 2.03. The summed E-state index contributed by atoms with van der Waals surface area (Å²) < 4.78 is 5.71. The second-order valence-corrected chi connectivity index (χ2v) is 5.48. The van der Waals surface area contributed by atoms with Crippen molar-refractivity contribution >= 4 is 11.3 Å². The van der Waals surface area contributed by atoms with E-state index in [0.717, 1.165) is 0 Å². The molecule has 0 atom stereocenters. The molecule has 0 amide bonds. The van der Waals surface area contributed by atoms with Gasteiger partial charge in [0.15, 0.2) is 0 Å². The molecule has 0 fully saturated rings. The van der Waals surface area contributed by atoms with Gasteiger partial charge in [-0.1, -0.05) is 44.2 Å². The van der Waals surface area contributed by atoms with E-state index in [1.165, 1.54) is 16.0 Å². The molecular weight excluding hydrogens is 228 g/mol. The average molecular weight is 246 g/mol. The molecule has 0 aliphatic heterocycles. The highest BCUT2D eigenvalue weighted by molar-refractivity contribution is 7.10. The first kappa shape index (κ1) is 12.3. The van der Waals surface area contributed by atoms with Crippen molar-refractivity contribution in [2.45, 2.75) is 33.0 Å². The fraction of sp³-hybridized carbons (Fsp3) is 0.333. The van der Waals surface area contributed by atoms with Gasteiger partial charge in [-0.25, -0.2) is 0 Å². The first-order valence-electron chi connectivity index (χ1n) is 5.94. The Hall–Kier alpha value is -1.12. The van der Waals surface area contributed by atoms with Crippen LogP contribution in [0.3, 0.4) is 0 Å². The van der Waals surface area contributed by atoms with Crippen LogP contribution in [0.2, 0.25) is 0 Å². The van der Waals surface area contributed by atoms with Crippen LogP contribution < -0.4 is 0 Å². The van der Waals surface area contributed by atoms with Crippen LogP contribution in [0, 0.1) is 0 Å². The topological polar surface area (TPSA) is 9.23 Å². The highest BCUT2D eigenvalue weighted by atomic mass is 32.1. The third-order valence-corrected chi connectivity index (χ3v) is 3.63. The Morgan fingerprint density at radius 1 is 1.12 bits per heavy atom. The number of thiophene rings is 1. The van der Waals surface area contributed by atoms with Crippen molar-refractivity contribution < 1.29 is 4.74 Å². The lowest BCUT2D eigenvalue weighted by Crippen LogP contribution is -1.92. The van der Waals surface area contributed by atoms with Gasteiger partial charge in [-0.15, -0.1) is 11.3 Å². The van der Waals surface area contributed by atoms with Gasteiger partial charge >= 0.3 is 0 Å². The Labute approximate surface area is 107 Å². The van der Waals surface area contributed by atoms with E-state index in [0.29, 0.717) is 19.1 Å². The van der Waals surface area contributed by atoms with Gasteiger partial charge in [0.05, 0.1) is 13.2 Å². The highest BCUT2D eigenvalue weighted by Crippen LogP contribution is 2.22. The molecule has 0 aliphatic carbocycles. The van der Waals surface area contributed by atoms with Crippen LogP contribution >= 0.6 is 11.3 Å². The molecule has 0 saturated heterocycles. The van der Waals surface area contributed by atoms with Crippen LogP contribution in [-0.4, -0.2) is 0 Å². The van der Waals surface area contributed by atoms with Gasteiger partial charge in [0.2, 0.25) is 0 Å². The van der Waals surface area contributed by atoms with Gasteiger partial charge in [-0.05, 0) is 28.5 Å². The minimum Gasteiger partial charge on any atom is -0.371 e. The van der Waals surface area contributed by atoms with E-state index in [-0.39, 0.29) is 0 Å². The van der Waals surface area contributed by atoms with Gasteiger partial charge in [-0.2, -0.15) is 0 Å². The number of hydrogen-bond acceptors (Lipinski definition) is 2. The third-order valence-electron chi connectivity index (χ3n) is 2.70. The monoisotopic (exact) mass is 246 g/mol. The van der Waals surface area contributed by atoms with Crippen molar-refractivity contribution in [3.05, 3.63) is 57.8 Å². The van der Waals surface area contributed by atoms with Crippen molar-refractivity contribution in [2.24, 2.45) is 0 Å². The maximum absolute atomic E-state index is 5.71. The van der Waals surface area contributed by atoms with E-state index in [4.69, 9.17) is 4.74 Å². The second-order valence-electron chi connectivity index (χ2n) is 4.48. The standard InChI is InChI=1S/C15H18OS/c1-12(2)14-8-15(17-11-14)10-16-9-13-6-4-3-5-7-13/h3-8,11-12H,9-10H2,1-2H3. The summed E-state index contributed by atoms with van der Waals surface area (Å²) in [5.41, 5.74) is 2.64. The number of benzene rings is 1. The molecular formula is C15H18OS. The molecule has 2 heteroatoms. The molecule has 1 aromatic heterocycles. The summed E-state index contributed by atoms with van der Waals surface area (Å²) >= 11 is 1.79. The molecule has 0 radical (unpaired) electrons. The minimum atomic E-state index is 0.606. The number of ether oxygens (including phenoxy) is 1. The summed E-state index contributed by atoms with van der Waals surface area (Å²) in [5, 5.41) is 2.23. The molecule has 0 bridgehead atoms. The van der Waals surface area contributed by atoms with Crippen molar-refractivity contribution in [3.8, 4) is 0 Å². The maximum atomic E-state index is 5.71. The second kappa shape index (κ2) is 5.99. The molecule has 0 aliphatic rings. The largest absolute Gasteiger partial charge is 0.371 e. The summed E-state index contributed by atoms with van der Waals surface area (Å²) in [6, 6.07) is 12.5. The summed E-state index contributed by atoms with van der Waals surface area (Å²) in [5.74, 6) is 0.606. The van der Waals surface area contributed by atoms with Crippen LogP contribution in [0.15, 0.2) is 41.8 Å². The van der Waals surface area contributed by atoms with E-state index >= 15 is 0 Å². The smallest absolute Gasteiger partial charge is 0.0814 e. The Morgan fingerprint density at radius 2 is 1.88 bits per heavy atom. The predicted molar refractivity (Wildman–Crippen MR) is 73.3 cm³/mol. The zero-order valence-electron chi connectivity index (χ0n) is 10.3. The Kier molecular flexibility index (Phi) is 4.35. The summed E-state index contributed by atoms with van der Waals surface area (Å²) in [4.78, 5) is 1.31. The first-order valence-corrected chi connectivity index (χ1v) is 6.82. The van der Waals surface area contributed by atoms with E-state index < -0.39 is 0 Å². The molecule has 0 spiro atoms. The van der Waals surface area contributed by atoms with Crippen molar-refractivity contribution in [2.75, 3.05) is 0 Å². The SMILES string of the molecule is CC(C)c1csc(COCc2ccccc2)c1. The van der Waals surface area contributed by atoms with Crippen molar-refractivity contribution in [1.29, 1.82) is 0 Å². The molecule has 1 nitrogen and oxygen atoms in total. The van der Waals surface area contributed by atoms with Gasteiger partial charge in [-0.3, -0.25) is 0 Å². The van der Waals surface area contributed by atoms with E-state index in [1.807, 2.05) is 18.2 Å². The van der Waals surface area contributed by atoms with E-state index in [9.17, 15) is 0 Å². The third kappa shape index (κ3) is 3.69. The van der Waals surface area contributed by atoms with Gasteiger partial charge in [0.25, 0.3) is 0 Å². The fourth-order valence-corrected chi connectivity index (χ4v) is 2.60. The fourth-order valence-electron chi connectivity index (χ4n) is 1.62. The normalized spacial score (nSPS) is 11.0. The lowest BCUT2D eigenvalue weighted by molar-refractivity contribution is 0.109. The first-order chi connectivity index (χ1) is 8.25. The van der Waals surface area contributed by atoms with Crippen LogP contribution in [0.5, 0.6) is 0 Å². The van der Waals surface area contributed by atoms with E-state index in [1.54, 1.807) is 11.3 Å². The number of rotatable bonds is 5. The molecule has 17 heavy (non-hydrogen) atoms. The molecule has 0 N–H and O–H groups in total. The molecule has 90 valence electrons. The molecule has 2 rings (SSSR count). The Morgan fingerprint density at radius 3 is 2.53 bits per heavy atom. The van der Waals surface area contributed by atoms with Crippen molar-refractivity contribution in [3.63, 3.8) is 0 Å². The van der Waals surface area contributed by atoms with Crippen molar-refractivity contribution in [1.82, 2.24) is 0 Å².